The smallest absolute Gasteiger partial charge is 0.211 e. The molecule has 0 aliphatic heterocycles. The highest BCUT2D eigenvalue weighted by Gasteiger charge is 2.07. The Morgan fingerprint density at radius 2 is 1.89 bits per heavy atom. The summed E-state index contributed by atoms with van der Waals surface area (Å²) >= 11 is 6.06. The van der Waals surface area contributed by atoms with Crippen LogP contribution in [0.2, 0.25) is 5.02 Å². The zero-order chi connectivity index (χ0) is 14.1. The van der Waals surface area contributed by atoms with E-state index in [2.05, 4.69) is 4.72 Å². The van der Waals surface area contributed by atoms with Crippen LogP contribution in [0, 0.1) is 0 Å². The highest BCUT2D eigenvalue weighted by molar-refractivity contribution is 7.89. The number of rotatable bonds is 9. The maximum absolute atomic E-state index is 11.5. The Bertz CT molecular complexity index is 474. The number of unbranched alkanes of at least 4 members (excludes halogenated alkanes) is 2. The fraction of sp³-hybridized carbons (Fsp3) is 0.571. The van der Waals surface area contributed by atoms with Crippen molar-refractivity contribution in [3.8, 4) is 0 Å². The predicted octanol–water partition coefficient (Wildman–Crippen LogP) is 3.38. The van der Waals surface area contributed by atoms with Gasteiger partial charge in [-0.25, -0.2) is 13.1 Å². The molecule has 0 spiro atoms. The van der Waals surface area contributed by atoms with Crippen LogP contribution < -0.4 is 4.72 Å². The first kappa shape index (κ1) is 16.5. The molecule has 108 valence electrons. The van der Waals surface area contributed by atoms with Gasteiger partial charge in [0.15, 0.2) is 0 Å². The van der Waals surface area contributed by atoms with Crippen LogP contribution in [0.1, 0.15) is 38.2 Å². The van der Waals surface area contributed by atoms with E-state index in [1.165, 1.54) is 0 Å². The maximum atomic E-state index is 11.5. The van der Waals surface area contributed by atoms with Crippen LogP contribution in [0.25, 0.3) is 0 Å². The Kier molecular flexibility index (Phi) is 7.42. The summed E-state index contributed by atoms with van der Waals surface area (Å²) in [6.45, 7) is 2.50. The molecule has 0 radical (unpaired) electrons. The summed E-state index contributed by atoms with van der Waals surface area (Å²) < 4.78 is 25.7. The van der Waals surface area contributed by atoms with Crippen molar-refractivity contribution in [1.29, 1.82) is 0 Å². The van der Waals surface area contributed by atoms with Crippen LogP contribution in [-0.2, 0) is 16.4 Å². The summed E-state index contributed by atoms with van der Waals surface area (Å²) in [5.74, 6) is 0.230. The molecule has 1 aromatic rings. The van der Waals surface area contributed by atoms with Gasteiger partial charge in [-0.15, -0.1) is 0 Å². The summed E-state index contributed by atoms with van der Waals surface area (Å²) in [4.78, 5) is 0. The Morgan fingerprint density at radius 1 is 1.16 bits per heavy atom. The van der Waals surface area contributed by atoms with Gasteiger partial charge in [-0.1, -0.05) is 43.1 Å². The molecule has 0 saturated heterocycles. The number of halogens is 1. The zero-order valence-electron chi connectivity index (χ0n) is 11.4. The lowest BCUT2D eigenvalue weighted by atomic mass is 10.1. The highest BCUT2D eigenvalue weighted by Crippen LogP contribution is 2.16. The van der Waals surface area contributed by atoms with Crippen molar-refractivity contribution in [2.75, 3.05) is 12.3 Å². The Hall–Kier alpha value is -0.580. The summed E-state index contributed by atoms with van der Waals surface area (Å²) in [7, 11) is -3.07. The number of benzene rings is 1. The van der Waals surface area contributed by atoms with Gasteiger partial charge in [-0.3, -0.25) is 0 Å². The van der Waals surface area contributed by atoms with Crippen LogP contribution in [0.15, 0.2) is 24.3 Å². The molecule has 1 rings (SSSR count). The molecule has 0 fully saturated rings. The number of hydrogen-bond donors (Lipinski definition) is 1. The fourth-order valence-corrected chi connectivity index (χ4v) is 3.27. The lowest BCUT2D eigenvalue weighted by Crippen LogP contribution is -2.27. The third-order valence-corrected chi connectivity index (χ3v) is 4.76. The Morgan fingerprint density at radius 3 is 2.58 bits per heavy atom. The van der Waals surface area contributed by atoms with Crippen molar-refractivity contribution in [1.82, 2.24) is 4.72 Å². The minimum Gasteiger partial charge on any atom is -0.215 e. The van der Waals surface area contributed by atoms with E-state index in [1.807, 2.05) is 31.2 Å². The Labute approximate surface area is 121 Å². The molecule has 19 heavy (non-hydrogen) atoms. The SMILES string of the molecule is CCCCS(=O)(=O)NCCCCc1ccccc1Cl. The van der Waals surface area contributed by atoms with Crippen LogP contribution in [-0.4, -0.2) is 20.7 Å². The first-order valence-electron chi connectivity index (χ1n) is 6.76. The fourth-order valence-electron chi connectivity index (χ4n) is 1.78. The largest absolute Gasteiger partial charge is 0.215 e. The summed E-state index contributed by atoms with van der Waals surface area (Å²) in [6.07, 6.45) is 4.26. The molecule has 0 aliphatic rings. The van der Waals surface area contributed by atoms with Gasteiger partial charge in [0.1, 0.15) is 0 Å². The van der Waals surface area contributed by atoms with Gasteiger partial charge in [0, 0.05) is 11.6 Å². The van der Waals surface area contributed by atoms with Gasteiger partial charge < -0.3 is 0 Å². The molecule has 1 N–H and O–H groups in total. The third-order valence-electron chi connectivity index (χ3n) is 2.92. The van der Waals surface area contributed by atoms with Gasteiger partial charge >= 0.3 is 0 Å². The van der Waals surface area contributed by atoms with E-state index in [9.17, 15) is 8.42 Å². The van der Waals surface area contributed by atoms with Crippen molar-refractivity contribution in [3.05, 3.63) is 34.9 Å². The second-order valence-electron chi connectivity index (χ2n) is 4.62. The molecule has 0 unspecified atom stereocenters. The van der Waals surface area contributed by atoms with E-state index in [1.54, 1.807) is 0 Å². The minimum atomic E-state index is -3.07. The van der Waals surface area contributed by atoms with E-state index in [-0.39, 0.29) is 5.75 Å². The summed E-state index contributed by atoms with van der Waals surface area (Å²) in [5, 5.41) is 0.783. The second kappa shape index (κ2) is 8.56. The maximum Gasteiger partial charge on any atom is 0.211 e. The lowest BCUT2D eigenvalue weighted by Gasteiger charge is -2.06. The monoisotopic (exact) mass is 303 g/mol. The van der Waals surface area contributed by atoms with Crippen LogP contribution in [0.5, 0.6) is 0 Å². The molecule has 0 aromatic heterocycles. The molecule has 0 heterocycles. The molecular formula is C14H22ClNO2S. The Balaban J connectivity index is 2.20. The normalized spacial score (nSPS) is 11.7. The average Bonchev–Trinajstić information content (AvgIpc) is 2.38. The van der Waals surface area contributed by atoms with Crippen molar-refractivity contribution in [2.24, 2.45) is 0 Å². The molecule has 0 atom stereocenters. The number of sulfonamides is 1. The average molecular weight is 304 g/mol. The molecule has 3 nitrogen and oxygen atoms in total. The van der Waals surface area contributed by atoms with E-state index in [0.29, 0.717) is 6.54 Å². The second-order valence-corrected chi connectivity index (χ2v) is 6.95. The van der Waals surface area contributed by atoms with Gasteiger partial charge in [0.25, 0.3) is 0 Å². The standard InChI is InChI=1S/C14H22ClNO2S/c1-2-3-12-19(17,18)16-11-7-6-9-13-8-4-5-10-14(13)15/h4-5,8,10,16H,2-3,6-7,9,11-12H2,1H3. The molecule has 0 saturated carbocycles. The summed E-state index contributed by atoms with van der Waals surface area (Å²) in [6, 6.07) is 7.76. The van der Waals surface area contributed by atoms with E-state index in [0.717, 1.165) is 42.7 Å². The molecular weight excluding hydrogens is 282 g/mol. The first-order valence-corrected chi connectivity index (χ1v) is 8.79. The number of hydrogen-bond acceptors (Lipinski definition) is 2. The van der Waals surface area contributed by atoms with Gasteiger partial charge in [-0.2, -0.15) is 0 Å². The highest BCUT2D eigenvalue weighted by atomic mass is 35.5. The lowest BCUT2D eigenvalue weighted by molar-refractivity contribution is 0.573. The van der Waals surface area contributed by atoms with Crippen LogP contribution >= 0.6 is 11.6 Å². The number of nitrogens with one attached hydrogen (secondary N) is 1. The number of aryl methyl sites for hydroxylation is 1. The molecule has 0 aliphatic carbocycles. The predicted molar refractivity (Wildman–Crippen MR) is 81.1 cm³/mol. The van der Waals surface area contributed by atoms with Gasteiger partial charge in [-0.05, 0) is 37.3 Å². The van der Waals surface area contributed by atoms with Crippen LogP contribution in [0.3, 0.4) is 0 Å². The van der Waals surface area contributed by atoms with Crippen LogP contribution in [0.4, 0.5) is 0 Å². The topological polar surface area (TPSA) is 46.2 Å². The molecule has 5 heteroatoms. The van der Waals surface area contributed by atoms with E-state index in [4.69, 9.17) is 11.6 Å². The van der Waals surface area contributed by atoms with E-state index < -0.39 is 10.0 Å². The van der Waals surface area contributed by atoms with Gasteiger partial charge in [0.2, 0.25) is 10.0 Å². The first-order chi connectivity index (χ1) is 9.05. The summed E-state index contributed by atoms with van der Waals surface area (Å²) in [5.41, 5.74) is 1.12. The van der Waals surface area contributed by atoms with E-state index >= 15 is 0 Å². The molecule has 0 amide bonds. The van der Waals surface area contributed by atoms with Crippen molar-refractivity contribution in [2.45, 2.75) is 39.0 Å². The van der Waals surface area contributed by atoms with Gasteiger partial charge in [0.05, 0.1) is 5.75 Å². The van der Waals surface area contributed by atoms with Crippen molar-refractivity contribution < 1.29 is 8.42 Å². The zero-order valence-corrected chi connectivity index (χ0v) is 12.9. The third kappa shape index (κ3) is 6.95. The molecule has 1 aromatic carbocycles. The quantitative estimate of drug-likeness (QED) is 0.711. The van der Waals surface area contributed by atoms with Crippen molar-refractivity contribution in [3.63, 3.8) is 0 Å². The molecule has 0 bridgehead atoms. The van der Waals surface area contributed by atoms with Crippen molar-refractivity contribution >= 4 is 21.6 Å². The minimum absolute atomic E-state index is 0.230.